The molecule has 0 aromatic heterocycles. The Bertz CT molecular complexity index is 828. The van der Waals surface area contributed by atoms with Crippen molar-refractivity contribution in [2.24, 2.45) is 0 Å². The number of urea groups is 1. The lowest BCUT2D eigenvalue weighted by atomic mass is 10.0. The van der Waals surface area contributed by atoms with Gasteiger partial charge in [-0.25, -0.2) is 4.79 Å². The monoisotopic (exact) mass is 391 g/mol. The average molecular weight is 392 g/mol. The largest absolute Gasteiger partial charge is 0.326 e. The summed E-state index contributed by atoms with van der Waals surface area (Å²) in [5, 5.41) is 3.01. The standard InChI is InChI=1S/C25H33N3O/c1-4-16-27(3)17-7-5-6-8-21-11-14-24-22(19-21)15-18-28(24)25(29)26-23-12-9-20(2)10-13-23/h4,9-14,19H,1,5-8,15-18H2,2-3H3,(H,26,29). The van der Waals surface area contributed by atoms with E-state index in [1.807, 2.05) is 42.2 Å². The summed E-state index contributed by atoms with van der Waals surface area (Å²) in [6.45, 7) is 8.65. The van der Waals surface area contributed by atoms with Gasteiger partial charge in [0.25, 0.3) is 0 Å². The molecular weight excluding hydrogens is 358 g/mol. The first-order valence-corrected chi connectivity index (χ1v) is 10.6. The number of fused-ring (bicyclic) bond motifs is 1. The normalized spacial score (nSPS) is 12.9. The maximum Gasteiger partial charge on any atom is 0.326 e. The van der Waals surface area contributed by atoms with Crippen LogP contribution in [0.1, 0.15) is 36.0 Å². The van der Waals surface area contributed by atoms with Gasteiger partial charge in [-0.1, -0.05) is 42.3 Å². The molecule has 2 amide bonds. The van der Waals surface area contributed by atoms with Gasteiger partial charge in [-0.05, 0) is 75.5 Å². The number of carbonyl (C=O) groups is 1. The lowest BCUT2D eigenvalue weighted by molar-refractivity contribution is 0.257. The zero-order valence-corrected chi connectivity index (χ0v) is 17.8. The smallest absolute Gasteiger partial charge is 0.308 e. The molecule has 0 atom stereocenters. The van der Waals surface area contributed by atoms with Crippen LogP contribution < -0.4 is 10.2 Å². The van der Waals surface area contributed by atoms with Gasteiger partial charge in [-0.3, -0.25) is 4.90 Å². The molecule has 0 aliphatic carbocycles. The third-order valence-corrected chi connectivity index (χ3v) is 5.53. The Morgan fingerprint density at radius 3 is 2.72 bits per heavy atom. The number of nitrogens with zero attached hydrogens (tertiary/aromatic N) is 2. The Balaban J connectivity index is 1.49. The van der Waals surface area contributed by atoms with E-state index in [-0.39, 0.29) is 6.03 Å². The number of hydrogen-bond acceptors (Lipinski definition) is 2. The van der Waals surface area contributed by atoms with Crippen molar-refractivity contribution < 1.29 is 4.79 Å². The molecule has 29 heavy (non-hydrogen) atoms. The van der Waals surface area contributed by atoms with E-state index in [0.29, 0.717) is 0 Å². The van der Waals surface area contributed by atoms with Crippen molar-refractivity contribution in [1.82, 2.24) is 4.90 Å². The zero-order valence-electron chi connectivity index (χ0n) is 17.8. The van der Waals surface area contributed by atoms with E-state index in [9.17, 15) is 4.79 Å². The maximum absolute atomic E-state index is 12.7. The molecule has 1 heterocycles. The highest BCUT2D eigenvalue weighted by atomic mass is 16.2. The fourth-order valence-electron chi connectivity index (χ4n) is 3.85. The molecular formula is C25H33N3O. The number of amides is 2. The van der Waals surface area contributed by atoms with Gasteiger partial charge in [-0.15, -0.1) is 6.58 Å². The third-order valence-electron chi connectivity index (χ3n) is 5.53. The minimum Gasteiger partial charge on any atom is -0.308 e. The van der Waals surface area contributed by atoms with Crippen molar-refractivity contribution in [3.63, 3.8) is 0 Å². The molecule has 0 saturated heterocycles. The lowest BCUT2D eigenvalue weighted by Crippen LogP contribution is -2.33. The molecule has 0 fully saturated rings. The zero-order chi connectivity index (χ0) is 20.6. The van der Waals surface area contributed by atoms with Gasteiger partial charge in [-0.2, -0.15) is 0 Å². The van der Waals surface area contributed by atoms with Crippen molar-refractivity contribution in [2.75, 3.05) is 36.9 Å². The summed E-state index contributed by atoms with van der Waals surface area (Å²) >= 11 is 0. The van der Waals surface area contributed by atoms with Gasteiger partial charge in [0.1, 0.15) is 0 Å². The molecule has 0 spiro atoms. The topological polar surface area (TPSA) is 35.6 Å². The van der Waals surface area contributed by atoms with Crippen molar-refractivity contribution in [1.29, 1.82) is 0 Å². The second-order valence-electron chi connectivity index (χ2n) is 8.02. The van der Waals surface area contributed by atoms with Crippen LogP contribution in [0.4, 0.5) is 16.2 Å². The van der Waals surface area contributed by atoms with Gasteiger partial charge in [0.15, 0.2) is 0 Å². The number of rotatable bonds is 9. The van der Waals surface area contributed by atoms with E-state index in [4.69, 9.17) is 0 Å². The minimum absolute atomic E-state index is 0.0519. The summed E-state index contributed by atoms with van der Waals surface area (Å²) < 4.78 is 0. The van der Waals surface area contributed by atoms with Gasteiger partial charge in [0, 0.05) is 24.5 Å². The highest BCUT2D eigenvalue weighted by Crippen LogP contribution is 2.30. The first-order chi connectivity index (χ1) is 14.1. The number of unbranched alkanes of at least 4 members (excludes halogenated alkanes) is 2. The van der Waals surface area contributed by atoms with E-state index >= 15 is 0 Å². The van der Waals surface area contributed by atoms with Crippen molar-refractivity contribution in [3.8, 4) is 0 Å². The SMILES string of the molecule is C=CCN(C)CCCCCc1ccc2c(c1)CCN2C(=O)Nc1ccc(C)cc1. The van der Waals surface area contributed by atoms with Crippen LogP contribution in [0, 0.1) is 6.92 Å². The Labute approximate surface area is 175 Å². The highest BCUT2D eigenvalue weighted by molar-refractivity contribution is 6.03. The van der Waals surface area contributed by atoms with Gasteiger partial charge >= 0.3 is 6.03 Å². The van der Waals surface area contributed by atoms with Crippen LogP contribution >= 0.6 is 0 Å². The fraction of sp³-hybridized carbons (Fsp3) is 0.400. The number of nitrogens with one attached hydrogen (secondary N) is 1. The average Bonchev–Trinajstić information content (AvgIpc) is 3.13. The van der Waals surface area contributed by atoms with Gasteiger partial charge in [0.05, 0.1) is 0 Å². The summed E-state index contributed by atoms with van der Waals surface area (Å²) in [5.74, 6) is 0. The molecule has 2 aromatic rings. The first-order valence-electron chi connectivity index (χ1n) is 10.6. The molecule has 3 rings (SSSR count). The van der Waals surface area contributed by atoms with Crippen LogP contribution in [0.5, 0.6) is 0 Å². The summed E-state index contributed by atoms with van der Waals surface area (Å²) in [5.41, 5.74) is 5.73. The van der Waals surface area contributed by atoms with E-state index in [1.54, 1.807) is 0 Å². The molecule has 1 aliphatic rings. The summed E-state index contributed by atoms with van der Waals surface area (Å²) in [7, 11) is 2.14. The van der Waals surface area contributed by atoms with E-state index in [0.717, 1.165) is 43.9 Å². The van der Waals surface area contributed by atoms with E-state index < -0.39 is 0 Å². The van der Waals surface area contributed by atoms with Crippen LogP contribution in [-0.4, -0.2) is 37.6 Å². The molecule has 0 unspecified atom stereocenters. The van der Waals surface area contributed by atoms with Crippen LogP contribution in [0.25, 0.3) is 0 Å². The number of hydrogen-bond donors (Lipinski definition) is 1. The molecule has 4 nitrogen and oxygen atoms in total. The Morgan fingerprint density at radius 1 is 1.17 bits per heavy atom. The van der Waals surface area contributed by atoms with Gasteiger partial charge < -0.3 is 10.2 Å². The Morgan fingerprint density at radius 2 is 1.97 bits per heavy atom. The lowest BCUT2D eigenvalue weighted by Gasteiger charge is -2.18. The molecule has 154 valence electrons. The quantitative estimate of drug-likeness (QED) is 0.458. The highest BCUT2D eigenvalue weighted by Gasteiger charge is 2.24. The predicted octanol–water partition coefficient (Wildman–Crippen LogP) is 5.42. The molecule has 0 radical (unpaired) electrons. The summed E-state index contributed by atoms with van der Waals surface area (Å²) in [6, 6.07) is 14.5. The molecule has 2 aromatic carbocycles. The second kappa shape index (κ2) is 10.3. The summed E-state index contributed by atoms with van der Waals surface area (Å²) in [4.78, 5) is 16.9. The van der Waals surface area contributed by atoms with Crippen LogP contribution in [0.3, 0.4) is 0 Å². The van der Waals surface area contributed by atoms with Crippen molar-refractivity contribution in [2.45, 2.75) is 39.0 Å². The number of carbonyl (C=O) groups excluding carboxylic acids is 1. The van der Waals surface area contributed by atoms with Crippen LogP contribution in [0.15, 0.2) is 55.1 Å². The maximum atomic E-state index is 12.7. The first kappa shape index (κ1) is 21.1. The molecule has 1 N–H and O–H groups in total. The Kier molecular flexibility index (Phi) is 7.48. The molecule has 4 heteroatoms. The number of aryl methyl sites for hydroxylation is 2. The van der Waals surface area contributed by atoms with E-state index in [1.165, 1.54) is 36.0 Å². The van der Waals surface area contributed by atoms with E-state index in [2.05, 4.69) is 42.0 Å². The molecule has 0 saturated carbocycles. The van der Waals surface area contributed by atoms with Crippen molar-refractivity contribution >= 4 is 17.4 Å². The van der Waals surface area contributed by atoms with Crippen LogP contribution in [0.2, 0.25) is 0 Å². The molecule has 1 aliphatic heterocycles. The predicted molar refractivity (Wildman–Crippen MR) is 123 cm³/mol. The van der Waals surface area contributed by atoms with Crippen LogP contribution in [-0.2, 0) is 12.8 Å². The minimum atomic E-state index is -0.0519. The third kappa shape index (κ3) is 5.94. The Hall–Kier alpha value is -2.59. The number of benzene rings is 2. The van der Waals surface area contributed by atoms with Gasteiger partial charge in [0.2, 0.25) is 0 Å². The summed E-state index contributed by atoms with van der Waals surface area (Å²) in [6.07, 6.45) is 7.66. The molecule has 0 bridgehead atoms. The fourth-order valence-corrected chi connectivity index (χ4v) is 3.85. The number of likely N-dealkylation sites (N-methyl/N-ethyl adjacent to an activating group) is 1. The second-order valence-corrected chi connectivity index (χ2v) is 8.02. The van der Waals surface area contributed by atoms with Crippen molar-refractivity contribution in [3.05, 3.63) is 71.8 Å². The number of anilines is 2.